The van der Waals surface area contributed by atoms with Crippen LogP contribution in [0.5, 0.6) is 0 Å². The number of oxime groups is 1. The molecular weight excluding hydrogens is 234 g/mol. The Morgan fingerprint density at radius 1 is 1.61 bits per heavy atom. The second-order valence-corrected chi connectivity index (χ2v) is 4.43. The summed E-state index contributed by atoms with van der Waals surface area (Å²) < 4.78 is 5.14. The second kappa shape index (κ2) is 5.12. The Morgan fingerprint density at radius 2 is 2.39 bits per heavy atom. The SMILES string of the molecule is Cc1occc1C(=O)N1CCCCC1C(N)=NO. The van der Waals surface area contributed by atoms with Crippen LogP contribution in [0.15, 0.2) is 21.9 Å². The molecule has 1 fully saturated rings. The van der Waals surface area contributed by atoms with Crippen molar-refractivity contribution in [3.8, 4) is 0 Å². The number of carbonyl (C=O) groups is 1. The average Bonchev–Trinajstić information content (AvgIpc) is 2.83. The van der Waals surface area contributed by atoms with Crippen molar-refractivity contribution in [2.24, 2.45) is 10.9 Å². The fourth-order valence-electron chi connectivity index (χ4n) is 2.31. The summed E-state index contributed by atoms with van der Waals surface area (Å²) in [7, 11) is 0. The van der Waals surface area contributed by atoms with Gasteiger partial charge in [-0.1, -0.05) is 5.16 Å². The molecule has 0 saturated carbocycles. The van der Waals surface area contributed by atoms with Gasteiger partial charge in [-0.05, 0) is 32.3 Å². The molecule has 3 N–H and O–H groups in total. The van der Waals surface area contributed by atoms with Gasteiger partial charge < -0.3 is 20.3 Å². The third kappa shape index (κ3) is 2.18. The predicted molar refractivity (Wildman–Crippen MR) is 65.5 cm³/mol. The lowest BCUT2D eigenvalue weighted by atomic mass is 10.00. The zero-order chi connectivity index (χ0) is 13.1. The zero-order valence-electron chi connectivity index (χ0n) is 10.3. The van der Waals surface area contributed by atoms with Crippen molar-refractivity contribution >= 4 is 11.7 Å². The van der Waals surface area contributed by atoms with Gasteiger partial charge in [0.25, 0.3) is 5.91 Å². The maximum Gasteiger partial charge on any atom is 0.258 e. The summed E-state index contributed by atoms with van der Waals surface area (Å²) in [6, 6.07) is 1.32. The van der Waals surface area contributed by atoms with Crippen molar-refractivity contribution in [1.29, 1.82) is 0 Å². The Bertz CT molecular complexity index is 467. The van der Waals surface area contributed by atoms with Gasteiger partial charge in [-0.3, -0.25) is 4.79 Å². The number of piperidine rings is 1. The molecule has 1 aromatic heterocycles. The second-order valence-electron chi connectivity index (χ2n) is 4.43. The van der Waals surface area contributed by atoms with Gasteiger partial charge in [-0.25, -0.2) is 0 Å². The third-order valence-electron chi connectivity index (χ3n) is 3.31. The van der Waals surface area contributed by atoms with E-state index in [0.29, 0.717) is 17.9 Å². The lowest BCUT2D eigenvalue weighted by Gasteiger charge is -2.34. The van der Waals surface area contributed by atoms with Gasteiger partial charge >= 0.3 is 0 Å². The number of likely N-dealkylation sites (tertiary alicyclic amines) is 1. The number of furan rings is 1. The van der Waals surface area contributed by atoms with Crippen LogP contribution in [0.4, 0.5) is 0 Å². The molecule has 1 saturated heterocycles. The molecule has 0 aromatic carbocycles. The minimum absolute atomic E-state index is 0.0872. The number of aryl methyl sites for hydroxylation is 1. The van der Waals surface area contributed by atoms with Gasteiger partial charge in [0.05, 0.1) is 17.9 Å². The number of hydrogen-bond acceptors (Lipinski definition) is 4. The minimum atomic E-state index is -0.328. The quantitative estimate of drug-likeness (QED) is 0.359. The molecule has 6 heteroatoms. The molecular formula is C12H17N3O3. The van der Waals surface area contributed by atoms with Crippen LogP contribution in [-0.4, -0.2) is 34.4 Å². The van der Waals surface area contributed by atoms with Crippen LogP contribution in [-0.2, 0) is 0 Å². The summed E-state index contributed by atoms with van der Waals surface area (Å²) in [5.74, 6) is 0.547. The van der Waals surface area contributed by atoms with E-state index in [1.807, 2.05) is 0 Å². The van der Waals surface area contributed by atoms with E-state index in [4.69, 9.17) is 15.4 Å². The van der Waals surface area contributed by atoms with Crippen molar-refractivity contribution in [2.45, 2.75) is 32.2 Å². The summed E-state index contributed by atoms with van der Waals surface area (Å²) in [5.41, 5.74) is 6.18. The van der Waals surface area contributed by atoms with Crippen LogP contribution < -0.4 is 5.73 Å². The Morgan fingerprint density at radius 3 is 3.00 bits per heavy atom. The number of carbonyl (C=O) groups excluding carboxylic acids is 1. The molecule has 0 aliphatic carbocycles. The highest BCUT2D eigenvalue weighted by Gasteiger charge is 2.31. The molecule has 2 rings (SSSR count). The van der Waals surface area contributed by atoms with E-state index in [1.54, 1.807) is 17.9 Å². The van der Waals surface area contributed by atoms with Crippen LogP contribution in [0.25, 0.3) is 0 Å². The first-order valence-electron chi connectivity index (χ1n) is 5.97. The van der Waals surface area contributed by atoms with E-state index < -0.39 is 0 Å². The lowest BCUT2D eigenvalue weighted by Crippen LogP contribution is -2.50. The minimum Gasteiger partial charge on any atom is -0.469 e. The van der Waals surface area contributed by atoms with Crippen molar-refractivity contribution < 1.29 is 14.4 Å². The van der Waals surface area contributed by atoms with Gasteiger partial charge in [-0.15, -0.1) is 0 Å². The van der Waals surface area contributed by atoms with E-state index >= 15 is 0 Å². The first-order chi connectivity index (χ1) is 8.65. The molecule has 0 bridgehead atoms. The summed E-state index contributed by atoms with van der Waals surface area (Å²) in [6.45, 7) is 2.36. The molecule has 0 spiro atoms. The highest BCUT2D eigenvalue weighted by molar-refractivity contribution is 5.99. The molecule has 1 aliphatic rings. The van der Waals surface area contributed by atoms with Crippen molar-refractivity contribution in [2.75, 3.05) is 6.54 Å². The van der Waals surface area contributed by atoms with E-state index in [-0.39, 0.29) is 17.8 Å². The molecule has 1 atom stereocenters. The number of amidine groups is 1. The van der Waals surface area contributed by atoms with Crippen LogP contribution in [0.2, 0.25) is 0 Å². The fourth-order valence-corrected chi connectivity index (χ4v) is 2.31. The Labute approximate surface area is 105 Å². The van der Waals surface area contributed by atoms with Crippen LogP contribution in [0.1, 0.15) is 35.4 Å². The summed E-state index contributed by atoms with van der Waals surface area (Å²) in [5, 5.41) is 11.8. The Balaban J connectivity index is 2.24. The molecule has 1 unspecified atom stereocenters. The van der Waals surface area contributed by atoms with Crippen molar-refractivity contribution in [3.05, 3.63) is 23.7 Å². The smallest absolute Gasteiger partial charge is 0.258 e. The maximum atomic E-state index is 12.4. The van der Waals surface area contributed by atoms with Gasteiger partial charge in [0.2, 0.25) is 0 Å². The molecule has 0 radical (unpaired) electrons. The molecule has 1 amide bonds. The van der Waals surface area contributed by atoms with E-state index in [1.165, 1.54) is 6.26 Å². The first-order valence-corrected chi connectivity index (χ1v) is 5.97. The number of hydrogen-bond donors (Lipinski definition) is 2. The number of amides is 1. The zero-order valence-corrected chi connectivity index (χ0v) is 10.3. The summed E-state index contributed by atoms with van der Waals surface area (Å²) in [6.07, 6.45) is 4.11. The van der Waals surface area contributed by atoms with E-state index in [2.05, 4.69) is 5.16 Å². The summed E-state index contributed by atoms with van der Waals surface area (Å²) in [4.78, 5) is 14.0. The van der Waals surface area contributed by atoms with Crippen LogP contribution in [0.3, 0.4) is 0 Å². The topological polar surface area (TPSA) is 92.1 Å². The molecule has 1 aromatic rings. The fraction of sp³-hybridized carbons (Fsp3) is 0.500. The summed E-state index contributed by atoms with van der Waals surface area (Å²) >= 11 is 0. The molecule has 98 valence electrons. The number of nitrogens with zero attached hydrogens (tertiary/aromatic N) is 2. The number of rotatable bonds is 2. The highest BCUT2D eigenvalue weighted by Crippen LogP contribution is 2.21. The van der Waals surface area contributed by atoms with Gasteiger partial charge in [0.15, 0.2) is 5.84 Å². The standard InChI is InChI=1S/C12H17N3O3/c1-8-9(5-7-18-8)12(16)15-6-3-2-4-10(15)11(13)14-17/h5,7,10,17H,2-4,6H2,1H3,(H2,13,14). The molecule has 18 heavy (non-hydrogen) atoms. The molecule has 1 aliphatic heterocycles. The van der Waals surface area contributed by atoms with Crippen molar-refractivity contribution in [3.63, 3.8) is 0 Å². The Kier molecular flexibility index (Phi) is 3.55. The average molecular weight is 251 g/mol. The molecule has 2 heterocycles. The largest absolute Gasteiger partial charge is 0.469 e. The van der Waals surface area contributed by atoms with E-state index in [0.717, 1.165) is 19.3 Å². The first kappa shape index (κ1) is 12.5. The maximum absolute atomic E-state index is 12.4. The monoisotopic (exact) mass is 251 g/mol. The predicted octanol–water partition coefficient (Wildman–Crippen LogP) is 1.33. The highest BCUT2D eigenvalue weighted by atomic mass is 16.4. The van der Waals surface area contributed by atoms with Crippen LogP contribution in [0, 0.1) is 6.92 Å². The van der Waals surface area contributed by atoms with E-state index in [9.17, 15) is 4.79 Å². The van der Waals surface area contributed by atoms with Crippen LogP contribution >= 0.6 is 0 Å². The number of nitrogens with two attached hydrogens (primary N) is 1. The molecule has 6 nitrogen and oxygen atoms in total. The normalized spacial score (nSPS) is 21.1. The van der Waals surface area contributed by atoms with Crippen molar-refractivity contribution in [1.82, 2.24) is 4.90 Å². The van der Waals surface area contributed by atoms with Gasteiger partial charge in [0.1, 0.15) is 5.76 Å². The Hall–Kier alpha value is -1.98. The lowest BCUT2D eigenvalue weighted by molar-refractivity contribution is 0.0675. The third-order valence-corrected chi connectivity index (χ3v) is 3.31. The van der Waals surface area contributed by atoms with Gasteiger partial charge in [-0.2, -0.15) is 0 Å². The van der Waals surface area contributed by atoms with Gasteiger partial charge in [0, 0.05) is 6.54 Å².